The van der Waals surface area contributed by atoms with E-state index >= 15 is 0 Å². The number of aliphatic hydroxyl groups is 1. The predicted molar refractivity (Wildman–Crippen MR) is 103 cm³/mol. The highest BCUT2D eigenvalue weighted by Crippen LogP contribution is 2.46. The lowest BCUT2D eigenvalue weighted by atomic mass is 9.66. The Labute approximate surface area is 162 Å². The second-order valence-electron chi connectivity index (χ2n) is 8.91. The van der Waals surface area contributed by atoms with E-state index in [1.54, 1.807) is 12.1 Å². The molecule has 0 aromatic heterocycles. The van der Waals surface area contributed by atoms with Crippen LogP contribution in [0.5, 0.6) is 0 Å². The van der Waals surface area contributed by atoms with Gasteiger partial charge in [0.2, 0.25) is 0 Å². The van der Waals surface area contributed by atoms with E-state index in [1.165, 1.54) is 44.2 Å². The van der Waals surface area contributed by atoms with Crippen LogP contribution in [0.25, 0.3) is 0 Å². The summed E-state index contributed by atoms with van der Waals surface area (Å²) in [6.07, 6.45) is 11.4. The van der Waals surface area contributed by atoms with Gasteiger partial charge >= 0.3 is 0 Å². The molecule has 1 aliphatic heterocycles. The summed E-state index contributed by atoms with van der Waals surface area (Å²) in [6, 6.07) is 6.42. The van der Waals surface area contributed by atoms with Crippen molar-refractivity contribution in [1.82, 2.24) is 0 Å². The Morgan fingerprint density at radius 3 is 2.07 bits per heavy atom. The minimum atomic E-state index is -0.761. The molecule has 4 rings (SSSR count). The number of hydrogen-bond acceptors (Lipinski definition) is 3. The molecular formula is C23H33FO3. The minimum absolute atomic E-state index is 0.0465. The molecule has 3 aliphatic rings. The Bertz CT molecular complexity index is 580. The topological polar surface area (TPSA) is 38.7 Å². The van der Waals surface area contributed by atoms with E-state index in [4.69, 9.17) is 9.47 Å². The molecular weight excluding hydrogens is 343 g/mol. The highest BCUT2D eigenvalue weighted by molar-refractivity contribution is 5.23. The van der Waals surface area contributed by atoms with Gasteiger partial charge in [0.05, 0.1) is 18.8 Å². The first-order valence-electron chi connectivity index (χ1n) is 10.8. The zero-order chi connectivity index (χ0) is 18.7. The maximum atomic E-state index is 13.2. The summed E-state index contributed by atoms with van der Waals surface area (Å²) in [5.74, 6) is 2.15. The summed E-state index contributed by atoms with van der Waals surface area (Å²) >= 11 is 0. The molecule has 0 amide bonds. The number of hydrogen-bond donors (Lipinski definition) is 1. The second-order valence-corrected chi connectivity index (χ2v) is 8.91. The Balaban J connectivity index is 1.21. The van der Waals surface area contributed by atoms with Crippen molar-refractivity contribution in [1.29, 1.82) is 0 Å². The van der Waals surface area contributed by atoms with E-state index in [0.717, 1.165) is 68.6 Å². The molecule has 0 radical (unpaired) electrons. The first-order chi connectivity index (χ1) is 13.1. The average Bonchev–Trinajstić information content (AvgIpc) is 3.22. The monoisotopic (exact) mass is 376 g/mol. The van der Waals surface area contributed by atoms with Crippen molar-refractivity contribution in [3.05, 3.63) is 35.6 Å². The van der Waals surface area contributed by atoms with Gasteiger partial charge in [0, 0.05) is 0 Å². The fourth-order valence-corrected chi connectivity index (χ4v) is 5.53. The van der Waals surface area contributed by atoms with Gasteiger partial charge in [-0.25, -0.2) is 4.39 Å². The van der Waals surface area contributed by atoms with Gasteiger partial charge in [-0.2, -0.15) is 0 Å². The molecule has 4 heteroatoms. The van der Waals surface area contributed by atoms with Crippen LogP contribution in [0.4, 0.5) is 4.39 Å². The van der Waals surface area contributed by atoms with Crippen LogP contribution >= 0.6 is 0 Å². The molecule has 1 aromatic carbocycles. The summed E-state index contributed by atoms with van der Waals surface area (Å²) in [6.45, 7) is 1.51. The fraction of sp³-hybridized carbons (Fsp3) is 0.739. The first kappa shape index (κ1) is 19.4. The van der Waals surface area contributed by atoms with Gasteiger partial charge in [-0.1, -0.05) is 25.0 Å². The molecule has 2 saturated carbocycles. The lowest BCUT2D eigenvalue weighted by Crippen LogP contribution is -2.34. The SMILES string of the molecule is OC1(c2ccc(F)cc2)CCC([C@H]2CC[C@H](CCC3OCCO3)CC2)CC1. The molecule has 27 heavy (non-hydrogen) atoms. The number of ether oxygens (including phenoxy) is 2. The molecule has 1 aromatic rings. The zero-order valence-corrected chi connectivity index (χ0v) is 16.2. The maximum absolute atomic E-state index is 13.2. The summed E-state index contributed by atoms with van der Waals surface area (Å²) in [5.41, 5.74) is 0.116. The van der Waals surface area contributed by atoms with Crippen LogP contribution in [0.1, 0.15) is 69.8 Å². The highest BCUT2D eigenvalue weighted by Gasteiger charge is 2.38. The molecule has 3 nitrogen and oxygen atoms in total. The molecule has 2 aliphatic carbocycles. The van der Waals surface area contributed by atoms with Crippen LogP contribution < -0.4 is 0 Å². The lowest BCUT2D eigenvalue weighted by Gasteiger charge is -2.41. The molecule has 0 unspecified atom stereocenters. The number of halogens is 1. The normalized spacial score (nSPS) is 35.4. The van der Waals surface area contributed by atoms with Gasteiger partial charge in [-0.15, -0.1) is 0 Å². The van der Waals surface area contributed by atoms with Crippen LogP contribution in [0.2, 0.25) is 0 Å². The van der Waals surface area contributed by atoms with Gasteiger partial charge in [0.1, 0.15) is 5.82 Å². The van der Waals surface area contributed by atoms with Gasteiger partial charge in [0.25, 0.3) is 0 Å². The first-order valence-corrected chi connectivity index (χ1v) is 10.8. The zero-order valence-electron chi connectivity index (χ0n) is 16.2. The van der Waals surface area contributed by atoms with Crippen molar-refractivity contribution in [2.75, 3.05) is 13.2 Å². The molecule has 150 valence electrons. The van der Waals surface area contributed by atoms with E-state index in [1.807, 2.05) is 0 Å². The summed E-state index contributed by atoms with van der Waals surface area (Å²) in [7, 11) is 0. The van der Waals surface area contributed by atoms with Gasteiger partial charge in [-0.3, -0.25) is 0 Å². The van der Waals surface area contributed by atoms with Crippen molar-refractivity contribution in [3.63, 3.8) is 0 Å². The van der Waals surface area contributed by atoms with Gasteiger partial charge < -0.3 is 14.6 Å². The minimum Gasteiger partial charge on any atom is -0.385 e. The molecule has 0 spiro atoms. The average molecular weight is 377 g/mol. The summed E-state index contributed by atoms with van der Waals surface area (Å²) in [4.78, 5) is 0. The van der Waals surface area contributed by atoms with Crippen molar-refractivity contribution >= 4 is 0 Å². The van der Waals surface area contributed by atoms with Crippen LogP contribution in [0.15, 0.2) is 24.3 Å². The van der Waals surface area contributed by atoms with Crippen molar-refractivity contribution in [2.24, 2.45) is 17.8 Å². The standard InChI is InChI=1S/C23H33FO3/c24-21-8-6-20(7-9-21)23(25)13-11-19(12-14-23)18-4-1-17(2-5-18)3-10-22-26-15-16-27-22/h6-9,17-19,22,25H,1-5,10-16H2/t17-,18-,19?,23?. The van der Waals surface area contributed by atoms with E-state index in [0.29, 0.717) is 0 Å². The second kappa shape index (κ2) is 8.59. The van der Waals surface area contributed by atoms with Crippen LogP contribution in [0, 0.1) is 23.6 Å². The fourth-order valence-electron chi connectivity index (χ4n) is 5.53. The smallest absolute Gasteiger partial charge is 0.157 e. The van der Waals surface area contributed by atoms with Crippen molar-refractivity contribution in [2.45, 2.75) is 76.1 Å². The lowest BCUT2D eigenvalue weighted by molar-refractivity contribution is -0.0520. The molecule has 0 bridgehead atoms. The van der Waals surface area contributed by atoms with E-state index in [-0.39, 0.29) is 12.1 Å². The largest absolute Gasteiger partial charge is 0.385 e. The van der Waals surface area contributed by atoms with Crippen LogP contribution in [-0.2, 0) is 15.1 Å². The molecule has 1 saturated heterocycles. The predicted octanol–water partition coefficient (Wildman–Crippen LogP) is 5.16. The van der Waals surface area contributed by atoms with Crippen LogP contribution in [0.3, 0.4) is 0 Å². The van der Waals surface area contributed by atoms with E-state index in [9.17, 15) is 9.50 Å². The Hall–Kier alpha value is -0.970. The summed E-state index contributed by atoms with van der Waals surface area (Å²) in [5, 5.41) is 11.0. The van der Waals surface area contributed by atoms with Crippen molar-refractivity contribution < 1.29 is 19.0 Å². The molecule has 1 N–H and O–H groups in total. The maximum Gasteiger partial charge on any atom is 0.157 e. The Morgan fingerprint density at radius 1 is 0.852 bits per heavy atom. The Morgan fingerprint density at radius 2 is 1.44 bits per heavy atom. The van der Waals surface area contributed by atoms with Crippen LogP contribution in [-0.4, -0.2) is 24.6 Å². The highest BCUT2D eigenvalue weighted by atomic mass is 19.1. The summed E-state index contributed by atoms with van der Waals surface area (Å²) < 4.78 is 24.3. The number of benzene rings is 1. The number of rotatable bonds is 5. The van der Waals surface area contributed by atoms with Gasteiger partial charge in [0.15, 0.2) is 6.29 Å². The van der Waals surface area contributed by atoms with E-state index in [2.05, 4.69) is 0 Å². The van der Waals surface area contributed by atoms with Crippen molar-refractivity contribution in [3.8, 4) is 0 Å². The third-order valence-electron chi connectivity index (χ3n) is 7.30. The molecule has 3 fully saturated rings. The van der Waals surface area contributed by atoms with E-state index < -0.39 is 5.60 Å². The third kappa shape index (κ3) is 4.72. The molecule has 1 heterocycles. The Kier molecular flexibility index (Phi) is 6.15. The van der Waals surface area contributed by atoms with Gasteiger partial charge in [-0.05, 0) is 86.8 Å². The third-order valence-corrected chi connectivity index (χ3v) is 7.30. The molecule has 0 atom stereocenters. The quantitative estimate of drug-likeness (QED) is 0.771.